The summed E-state index contributed by atoms with van der Waals surface area (Å²) in [5, 5.41) is 11.1. The van der Waals surface area contributed by atoms with E-state index in [1.807, 2.05) is 51.1 Å². The molecule has 3 aromatic carbocycles. The van der Waals surface area contributed by atoms with Crippen molar-refractivity contribution in [1.82, 2.24) is 9.78 Å². The molecule has 0 spiro atoms. The standard InChI is InChI=1S/C26H24F3N5O2/c1-26(2,3)20-13-22(32-25(36)31-19-9-8-18(27)23(28)24(19)29)34(33-20)16-10-14-6-4-5-7-17(14)15(11-16)12-21(30)35/h4-11,13H,12H2,1-3H3,(H2,30,35)(H2,31,32,36). The van der Waals surface area contributed by atoms with E-state index in [1.165, 1.54) is 4.68 Å². The Hall–Kier alpha value is -4.34. The molecule has 0 aliphatic rings. The molecule has 0 aliphatic carbocycles. The van der Waals surface area contributed by atoms with Crippen molar-refractivity contribution in [1.29, 1.82) is 0 Å². The van der Waals surface area contributed by atoms with Crippen molar-refractivity contribution in [3.05, 3.63) is 83.3 Å². The third-order valence-corrected chi connectivity index (χ3v) is 5.54. The molecule has 1 aromatic heterocycles. The van der Waals surface area contributed by atoms with Crippen LogP contribution in [-0.4, -0.2) is 21.7 Å². The zero-order valence-corrected chi connectivity index (χ0v) is 19.8. The van der Waals surface area contributed by atoms with Gasteiger partial charge in [0.1, 0.15) is 5.82 Å². The molecule has 4 N–H and O–H groups in total. The second-order valence-corrected chi connectivity index (χ2v) is 9.35. The van der Waals surface area contributed by atoms with Crippen LogP contribution in [0.5, 0.6) is 0 Å². The number of carbonyl (C=O) groups is 2. The van der Waals surface area contributed by atoms with Crippen molar-refractivity contribution in [2.45, 2.75) is 32.6 Å². The van der Waals surface area contributed by atoms with Gasteiger partial charge in [-0.25, -0.2) is 22.6 Å². The minimum absolute atomic E-state index is 0.000402. The summed E-state index contributed by atoms with van der Waals surface area (Å²) in [6, 6.07) is 13.5. The van der Waals surface area contributed by atoms with E-state index in [2.05, 4.69) is 15.7 Å². The van der Waals surface area contributed by atoms with Gasteiger partial charge in [0.25, 0.3) is 0 Å². The zero-order chi connectivity index (χ0) is 26.2. The van der Waals surface area contributed by atoms with Gasteiger partial charge in [-0.1, -0.05) is 45.0 Å². The molecule has 1 heterocycles. The predicted octanol–water partition coefficient (Wildman–Crippen LogP) is 5.41. The number of nitrogens with two attached hydrogens (primary N) is 1. The topological polar surface area (TPSA) is 102 Å². The van der Waals surface area contributed by atoms with E-state index < -0.39 is 40.5 Å². The average Bonchev–Trinajstić information content (AvgIpc) is 3.23. The molecule has 4 aromatic rings. The highest BCUT2D eigenvalue weighted by molar-refractivity contribution is 5.99. The van der Waals surface area contributed by atoms with Crippen LogP contribution in [0.2, 0.25) is 0 Å². The third-order valence-electron chi connectivity index (χ3n) is 5.54. The maximum Gasteiger partial charge on any atom is 0.324 e. The molecule has 4 rings (SSSR count). The number of amides is 3. The van der Waals surface area contributed by atoms with E-state index in [9.17, 15) is 22.8 Å². The largest absolute Gasteiger partial charge is 0.369 e. The SMILES string of the molecule is CC(C)(C)c1cc(NC(=O)Nc2ccc(F)c(F)c2F)n(-c2cc(CC(N)=O)c3ccccc3c2)n1. The van der Waals surface area contributed by atoms with Crippen LogP contribution in [0.3, 0.4) is 0 Å². The first-order valence-electron chi connectivity index (χ1n) is 11.1. The summed E-state index contributed by atoms with van der Waals surface area (Å²) in [4.78, 5) is 24.4. The molecule has 0 bridgehead atoms. The monoisotopic (exact) mass is 495 g/mol. The average molecular weight is 496 g/mol. The molecule has 36 heavy (non-hydrogen) atoms. The van der Waals surface area contributed by atoms with Gasteiger partial charge in [-0.15, -0.1) is 0 Å². The van der Waals surface area contributed by atoms with Gasteiger partial charge >= 0.3 is 6.03 Å². The van der Waals surface area contributed by atoms with Gasteiger partial charge in [-0.05, 0) is 40.6 Å². The smallest absolute Gasteiger partial charge is 0.324 e. The van der Waals surface area contributed by atoms with Crippen molar-refractivity contribution in [3.63, 3.8) is 0 Å². The molecule has 0 atom stereocenters. The number of aromatic nitrogens is 2. The van der Waals surface area contributed by atoms with Gasteiger partial charge in [0.2, 0.25) is 5.91 Å². The first-order chi connectivity index (χ1) is 16.9. The van der Waals surface area contributed by atoms with Crippen LogP contribution in [0.15, 0.2) is 54.6 Å². The highest BCUT2D eigenvalue weighted by Crippen LogP contribution is 2.30. The molecule has 0 saturated heterocycles. The third kappa shape index (κ3) is 5.02. The molecular weight excluding hydrogens is 471 g/mol. The van der Waals surface area contributed by atoms with E-state index in [4.69, 9.17) is 5.73 Å². The second kappa shape index (κ2) is 9.37. The highest BCUT2D eigenvalue weighted by atomic mass is 19.2. The number of anilines is 2. The van der Waals surface area contributed by atoms with E-state index in [0.29, 0.717) is 23.0 Å². The lowest BCUT2D eigenvalue weighted by Gasteiger charge is -2.15. The number of benzene rings is 3. The summed E-state index contributed by atoms with van der Waals surface area (Å²) in [6.07, 6.45) is 0.000402. The van der Waals surface area contributed by atoms with E-state index in [1.54, 1.807) is 12.1 Å². The Labute approximate surface area is 205 Å². The van der Waals surface area contributed by atoms with Gasteiger partial charge in [0, 0.05) is 11.5 Å². The van der Waals surface area contributed by atoms with Gasteiger partial charge < -0.3 is 11.1 Å². The number of carbonyl (C=O) groups excluding carboxylic acids is 2. The Bertz CT molecular complexity index is 1490. The second-order valence-electron chi connectivity index (χ2n) is 9.35. The minimum Gasteiger partial charge on any atom is -0.369 e. The summed E-state index contributed by atoms with van der Waals surface area (Å²) in [6.45, 7) is 5.83. The molecule has 0 unspecified atom stereocenters. The summed E-state index contributed by atoms with van der Waals surface area (Å²) < 4.78 is 42.3. The predicted molar refractivity (Wildman–Crippen MR) is 132 cm³/mol. The van der Waals surface area contributed by atoms with E-state index in [-0.39, 0.29) is 12.2 Å². The Morgan fingerprint density at radius 2 is 1.69 bits per heavy atom. The van der Waals surface area contributed by atoms with Crippen LogP contribution < -0.4 is 16.4 Å². The van der Waals surface area contributed by atoms with Crippen LogP contribution >= 0.6 is 0 Å². The Kier molecular flexibility index (Phi) is 6.45. The van der Waals surface area contributed by atoms with Gasteiger partial charge in [0.15, 0.2) is 17.5 Å². The van der Waals surface area contributed by atoms with Crippen molar-refractivity contribution >= 4 is 34.2 Å². The molecule has 10 heteroatoms. The number of nitrogens with zero attached hydrogens (tertiary/aromatic N) is 2. The van der Waals surface area contributed by atoms with Crippen LogP contribution in [-0.2, 0) is 16.6 Å². The molecule has 0 aliphatic heterocycles. The number of halogens is 3. The van der Waals surface area contributed by atoms with Crippen molar-refractivity contribution in [2.24, 2.45) is 5.73 Å². The zero-order valence-electron chi connectivity index (χ0n) is 19.8. The molecular formula is C26H24F3N5O2. The van der Waals surface area contributed by atoms with E-state index in [0.717, 1.165) is 16.8 Å². The maximum absolute atomic E-state index is 14.1. The Morgan fingerprint density at radius 1 is 0.972 bits per heavy atom. The number of urea groups is 1. The Morgan fingerprint density at radius 3 is 2.39 bits per heavy atom. The van der Waals surface area contributed by atoms with Gasteiger partial charge in [-0.2, -0.15) is 5.10 Å². The van der Waals surface area contributed by atoms with Crippen LogP contribution in [0.4, 0.5) is 29.5 Å². The fourth-order valence-corrected chi connectivity index (χ4v) is 3.75. The number of primary amides is 1. The normalized spacial score (nSPS) is 11.5. The highest BCUT2D eigenvalue weighted by Gasteiger charge is 2.23. The van der Waals surface area contributed by atoms with Crippen molar-refractivity contribution in [2.75, 3.05) is 10.6 Å². The van der Waals surface area contributed by atoms with Crippen LogP contribution in [0.1, 0.15) is 32.0 Å². The lowest BCUT2D eigenvalue weighted by molar-refractivity contribution is -0.117. The lowest BCUT2D eigenvalue weighted by Crippen LogP contribution is -2.22. The number of fused-ring (bicyclic) bond motifs is 1. The summed E-state index contributed by atoms with van der Waals surface area (Å²) in [5.74, 6) is -4.83. The molecule has 0 fully saturated rings. The van der Waals surface area contributed by atoms with Crippen LogP contribution in [0, 0.1) is 17.5 Å². The van der Waals surface area contributed by atoms with Gasteiger partial charge in [-0.3, -0.25) is 10.1 Å². The van der Waals surface area contributed by atoms with Gasteiger partial charge in [0.05, 0.1) is 23.5 Å². The molecule has 0 radical (unpaired) electrons. The first kappa shape index (κ1) is 24.8. The summed E-state index contributed by atoms with van der Waals surface area (Å²) >= 11 is 0. The molecule has 3 amide bonds. The number of rotatable bonds is 5. The first-order valence-corrected chi connectivity index (χ1v) is 11.1. The van der Waals surface area contributed by atoms with Crippen molar-refractivity contribution in [3.8, 4) is 5.69 Å². The Balaban J connectivity index is 1.76. The summed E-state index contributed by atoms with van der Waals surface area (Å²) in [5.41, 5.74) is 6.42. The van der Waals surface area contributed by atoms with E-state index >= 15 is 0 Å². The number of hydrogen-bond acceptors (Lipinski definition) is 3. The molecule has 0 saturated carbocycles. The fraction of sp³-hybridized carbons (Fsp3) is 0.192. The van der Waals surface area contributed by atoms with Crippen LogP contribution in [0.25, 0.3) is 16.5 Å². The molecule has 186 valence electrons. The number of hydrogen-bond donors (Lipinski definition) is 3. The quantitative estimate of drug-likeness (QED) is 0.323. The lowest BCUT2D eigenvalue weighted by atomic mass is 9.92. The number of nitrogens with one attached hydrogen (secondary N) is 2. The molecule has 7 nitrogen and oxygen atoms in total. The minimum atomic E-state index is -1.69. The maximum atomic E-state index is 14.1. The summed E-state index contributed by atoms with van der Waals surface area (Å²) in [7, 11) is 0. The fourth-order valence-electron chi connectivity index (χ4n) is 3.75. The van der Waals surface area contributed by atoms with Crippen molar-refractivity contribution < 1.29 is 22.8 Å².